The second-order valence-electron chi connectivity index (χ2n) is 4.11. The van der Waals surface area contributed by atoms with Crippen molar-refractivity contribution in [3.8, 4) is 5.75 Å². The van der Waals surface area contributed by atoms with Crippen LogP contribution in [0.4, 0.5) is 0 Å². The lowest BCUT2D eigenvalue weighted by Crippen LogP contribution is -2.16. The number of ether oxygens (including phenoxy) is 1. The summed E-state index contributed by atoms with van der Waals surface area (Å²) in [6.45, 7) is 3.62. The van der Waals surface area contributed by atoms with Crippen LogP contribution in [-0.2, 0) is 0 Å². The molecule has 0 bridgehead atoms. The highest BCUT2D eigenvalue weighted by Gasteiger charge is 2.20. The highest BCUT2D eigenvalue weighted by molar-refractivity contribution is 6.36. The summed E-state index contributed by atoms with van der Waals surface area (Å²) in [5, 5.41) is 4.81. The third kappa shape index (κ3) is 2.60. The fourth-order valence-electron chi connectivity index (χ4n) is 1.88. The molecule has 2 aromatic rings. The summed E-state index contributed by atoms with van der Waals surface area (Å²) >= 11 is 12.0. The molecule has 2 rings (SSSR count). The number of carbonyl (C=O) groups is 1. The molecule has 1 aromatic heterocycles. The molecule has 100 valence electrons. The van der Waals surface area contributed by atoms with E-state index < -0.39 is 0 Å². The van der Waals surface area contributed by atoms with Crippen molar-refractivity contribution in [1.29, 1.82) is 0 Å². The molecular weight excluding hydrogens is 287 g/mol. The Bertz CT molecular complexity index is 650. The molecule has 0 radical (unpaired) electrons. The van der Waals surface area contributed by atoms with Crippen molar-refractivity contribution in [2.45, 2.75) is 13.8 Å². The topological polar surface area (TPSA) is 44.1 Å². The average Bonchev–Trinajstić information content (AvgIpc) is 2.66. The van der Waals surface area contributed by atoms with Crippen molar-refractivity contribution >= 4 is 29.1 Å². The molecule has 19 heavy (non-hydrogen) atoms. The minimum absolute atomic E-state index is 0.284. The number of hydrogen-bond donors (Lipinski definition) is 0. The fourth-order valence-corrected chi connectivity index (χ4v) is 2.45. The van der Waals surface area contributed by atoms with Crippen LogP contribution in [0.1, 0.15) is 21.7 Å². The van der Waals surface area contributed by atoms with E-state index >= 15 is 0 Å². The van der Waals surface area contributed by atoms with E-state index in [-0.39, 0.29) is 11.5 Å². The number of aromatic nitrogens is 2. The van der Waals surface area contributed by atoms with Crippen molar-refractivity contribution in [2.75, 3.05) is 7.11 Å². The summed E-state index contributed by atoms with van der Waals surface area (Å²) in [5.41, 5.74) is 1.78. The maximum Gasteiger partial charge on any atom is 0.282 e. The maximum atomic E-state index is 12.5. The van der Waals surface area contributed by atoms with Gasteiger partial charge in [0.15, 0.2) is 0 Å². The second kappa shape index (κ2) is 5.23. The van der Waals surface area contributed by atoms with Crippen LogP contribution in [0.3, 0.4) is 0 Å². The molecule has 0 saturated carbocycles. The summed E-state index contributed by atoms with van der Waals surface area (Å²) in [6, 6.07) is 4.86. The van der Waals surface area contributed by atoms with E-state index in [1.54, 1.807) is 6.92 Å². The molecule has 0 unspecified atom stereocenters. The lowest BCUT2D eigenvalue weighted by atomic mass is 10.2. The molecule has 0 amide bonds. The van der Waals surface area contributed by atoms with E-state index in [1.165, 1.54) is 23.9 Å². The van der Waals surface area contributed by atoms with E-state index in [4.69, 9.17) is 27.9 Å². The Hall–Kier alpha value is -1.52. The predicted molar refractivity (Wildman–Crippen MR) is 74.4 cm³/mol. The van der Waals surface area contributed by atoms with Crippen molar-refractivity contribution in [2.24, 2.45) is 0 Å². The minimum Gasteiger partial charge on any atom is -0.494 e. The quantitative estimate of drug-likeness (QED) is 0.852. The number of carbonyl (C=O) groups excluding carboxylic acids is 1. The number of benzene rings is 1. The molecule has 4 nitrogen and oxygen atoms in total. The van der Waals surface area contributed by atoms with E-state index in [0.29, 0.717) is 15.8 Å². The van der Waals surface area contributed by atoms with Gasteiger partial charge in [-0.3, -0.25) is 4.79 Å². The van der Waals surface area contributed by atoms with Crippen molar-refractivity contribution in [3.63, 3.8) is 0 Å². The highest BCUT2D eigenvalue weighted by Crippen LogP contribution is 2.32. The van der Waals surface area contributed by atoms with Gasteiger partial charge >= 0.3 is 0 Å². The van der Waals surface area contributed by atoms with Gasteiger partial charge in [-0.2, -0.15) is 5.10 Å². The first-order valence-corrected chi connectivity index (χ1v) is 6.30. The molecule has 1 aromatic carbocycles. The number of aryl methyl sites for hydroxylation is 2. The van der Waals surface area contributed by atoms with Gasteiger partial charge < -0.3 is 4.74 Å². The third-order valence-electron chi connectivity index (χ3n) is 2.64. The van der Waals surface area contributed by atoms with Crippen LogP contribution in [0.2, 0.25) is 10.0 Å². The zero-order valence-corrected chi connectivity index (χ0v) is 12.2. The monoisotopic (exact) mass is 298 g/mol. The summed E-state index contributed by atoms with van der Waals surface area (Å²) in [4.78, 5) is 12.5. The van der Waals surface area contributed by atoms with Crippen molar-refractivity contribution in [3.05, 3.63) is 45.2 Å². The van der Waals surface area contributed by atoms with Gasteiger partial charge in [-0.1, -0.05) is 23.2 Å². The largest absolute Gasteiger partial charge is 0.494 e. The molecule has 0 aliphatic heterocycles. The first kappa shape index (κ1) is 13.9. The van der Waals surface area contributed by atoms with Gasteiger partial charge in [0.2, 0.25) is 0 Å². The lowest BCUT2D eigenvalue weighted by molar-refractivity contribution is 0.0939. The fraction of sp³-hybridized carbons (Fsp3) is 0.231. The molecule has 0 N–H and O–H groups in total. The van der Waals surface area contributed by atoms with E-state index in [1.807, 2.05) is 13.0 Å². The Labute approximate surface area is 120 Å². The van der Waals surface area contributed by atoms with Crippen molar-refractivity contribution in [1.82, 2.24) is 9.78 Å². The first-order valence-electron chi connectivity index (χ1n) is 5.55. The predicted octanol–water partition coefficient (Wildman–Crippen LogP) is 3.50. The summed E-state index contributed by atoms with van der Waals surface area (Å²) < 4.78 is 6.47. The Morgan fingerprint density at radius 1 is 1.26 bits per heavy atom. The van der Waals surface area contributed by atoms with E-state index in [2.05, 4.69) is 5.10 Å². The first-order chi connectivity index (χ1) is 8.93. The SMILES string of the molecule is COc1c(Cl)cc(Cl)cc1C(=O)n1nc(C)cc1C. The molecule has 0 fully saturated rings. The number of halogens is 2. The summed E-state index contributed by atoms with van der Waals surface area (Å²) in [6.07, 6.45) is 0. The Kier molecular flexibility index (Phi) is 3.83. The van der Waals surface area contributed by atoms with Crippen LogP contribution in [0.25, 0.3) is 0 Å². The van der Waals surface area contributed by atoms with Gasteiger partial charge in [0.05, 0.1) is 23.4 Å². The highest BCUT2D eigenvalue weighted by atomic mass is 35.5. The van der Waals surface area contributed by atoms with Crippen LogP contribution in [0, 0.1) is 13.8 Å². The van der Waals surface area contributed by atoms with Crippen LogP contribution < -0.4 is 4.74 Å². The molecule has 6 heteroatoms. The Balaban J connectivity index is 2.58. The van der Waals surface area contributed by atoms with Crippen LogP contribution in [0.5, 0.6) is 5.75 Å². The van der Waals surface area contributed by atoms with Gasteiger partial charge in [0.25, 0.3) is 5.91 Å². The molecular formula is C13H12Cl2N2O2. The summed E-state index contributed by atoms with van der Waals surface area (Å²) in [5.74, 6) is -0.0320. The van der Waals surface area contributed by atoms with E-state index in [0.717, 1.165) is 11.4 Å². The average molecular weight is 299 g/mol. The minimum atomic E-state index is -0.327. The van der Waals surface area contributed by atoms with Gasteiger partial charge in [0.1, 0.15) is 5.75 Å². The van der Waals surface area contributed by atoms with Gasteiger partial charge in [0, 0.05) is 10.7 Å². The molecule has 0 atom stereocenters. The van der Waals surface area contributed by atoms with E-state index in [9.17, 15) is 4.79 Å². The van der Waals surface area contributed by atoms with Crippen LogP contribution >= 0.6 is 23.2 Å². The maximum absolute atomic E-state index is 12.5. The van der Waals surface area contributed by atoms with Crippen LogP contribution in [0.15, 0.2) is 18.2 Å². The third-order valence-corrected chi connectivity index (χ3v) is 3.14. The Morgan fingerprint density at radius 3 is 2.47 bits per heavy atom. The zero-order chi connectivity index (χ0) is 14.2. The molecule has 1 heterocycles. The number of rotatable bonds is 2. The molecule has 0 aliphatic rings. The number of hydrogen-bond acceptors (Lipinski definition) is 3. The van der Waals surface area contributed by atoms with Crippen molar-refractivity contribution < 1.29 is 9.53 Å². The normalized spacial score (nSPS) is 10.6. The lowest BCUT2D eigenvalue weighted by Gasteiger charge is -2.10. The van der Waals surface area contributed by atoms with Gasteiger partial charge in [-0.05, 0) is 32.0 Å². The van der Waals surface area contributed by atoms with Gasteiger partial charge in [-0.25, -0.2) is 4.68 Å². The standard InChI is InChI=1S/C13H12Cl2N2O2/c1-7-4-8(2)17(16-7)13(18)10-5-9(14)6-11(15)12(10)19-3/h4-6H,1-3H3. The molecule has 0 aliphatic carbocycles. The zero-order valence-electron chi connectivity index (χ0n) is 10.7. The van der Waals surface area contributed by atoms with Crippen LogP contribution in [-0.4, -0.2) is 22.8 Å². The Morgan fingerprint density at radius 2 is 1.95 bits per heavy atom. The number of methoxy groups -OCH3 is 1. The van der Waals surface area contributed by atoms with Gasteiger partial charge in [-0.15, -0.1) is 0 Å². The smallest absolute Gasteiger partial charge is 0.282 e. The molecule has 0 spiro atoms. The number of nitrogens with zero attached hydrogens (tertiary/aromatic N) is 2. The second-order valence-corrected chi connectivity index (χ2v) is 4.96. The molecule has 0 saturated heterocycles. The summed E-state index contributed by atoms with van der Waals surface area (Å²) in [7, 11) is 1.45.